The van der Waals surface area contributed by atoms with E-state index in [1.54, 1.807) is 0 Å². The molecule has 18 heavy (non-hydrogen) atoms. The predicted molar refractivity (Wildman–Crippen MR) is 74.7 cm³/mol. The fourth-order valence-electron chi connectivity index (χ4n) is 1.55. The lowest BCUT2D eigenvalue weighted by Crippen LogP contribution is -2.37. The van der Waals surface area contributed by atoms with E-state index in [0.29, 0.717) is 0 Å². The summed E-state index contributed by atoms with van der Waals surface area (Å²) < 4.78 is 0. The lowest BCUT2D eigenvalue weighted by molar-refractivity contribution is -0.116. The minimum Gasteiger partial charge on any atom is -0.291 e. The van der Waals surface area contributed by atoms with Gasteiger partial charge in [-0.25, -0.2) is 5.01 Å². The standard InChI is InChI=1S/C14H13ClN2O/c15-11-14(18)17(13-9-5-2-6-10-13)16-12-7-3-1-4-8-12/h1-10,16H,11H2. The van der Waals surface area contributed by atoms with Crippen molar-refractivity contribution >= 4 is 28.9 Å². The molecule has 0 aliphatic heterocycles. The second-order valence-corrected chi connectivity index (χ2v) is 3.94. The summed E-state index contributed by atoms with van der Waals surface area (Å²) in [4.78, 5) is 11.8. The summed E-state index contributed by atoms with van der Waals surface area (Å²) in [6.07, 6.45) is 0. The molecule has 0 atom stereocenters. The first-order valence-corrected chi connectivity index (χ1v) is 6.10. The van der Waals surface area contributed by atoms with Crippen LogP contribution in [0.4, 0.5) is 11.4 Å². The van der Waals surface area contributed by atoms with Gasteiger partial charge in [0.25, 0.3) is 5.91 Å². The van der Waals surface area contributed by atoms with Gasteiger partial charge in [0.2, 0.25) is 0 Å². The number of anilines is 2. The van der Waals surface area contributed by atoms with Crippen molar-refractivity contribution < 1.29 is 4.79 Å². The number of hydrogen-bond acceptors (Lipinski definition) is 2. The third-order valence-corrected chi connectivity index (χ3v) is 2.62. The lowest BCUT2D eigenvalue weighted by atomic mass is 10.3. The first kappa shape index (κ1) is 12.5. The van der Waals surface area contributed by atoms with Gasteiger partial charge in [0, 0.05) is 0 Å². The van der Waals surface area contributed by atoms with Crippen molar-refractivity contribution in [3.63, 3.8) is 0 Å². The van der Waals surface area contributed by atoms with Crippen molar-refractivity contribution in [3.8, 4) is 0 Å². The van der Waals surface area contributed by atoms with Gasteiger partial charge in [-0.1, -0.05) is 36.4 Å². The minimum absolute atomic E-state index is 0.0747. The smallest absolute Gasteiger partial charge is 0.260 e. The fourth-order valence-corrected chi connectivity index (χ4v) is 1.67. The monoisotopic (exact) mass is 260 g/mol. The summed E-state index contributed by atoms with van der Waals surface area (Å²) in [5.41, 5.74) is 4.63. The van der Waals surface area contributed by atoms with Crippen LogP contribution in [0.3, 0.4) is 0 Å². The summed E-state index contributed by atoms with van der Waals surface area (Å²) in [6, 6.07) is 18.8. The molecule has 3 nitrogen and oxygen atoms in total. The van der Waals surface area contributed by atoms with E-state index < -0.39 is 0 Å². The molecule has 1 N–H and O–H groups in total. The van der Waals surface area contributed by atoms with Gasteiger partial charge in [-0.15, -0.1) is 11.6 Å². The second-order valence-electron chi connectivity index (χ2n) is 3.68. The van der Waals surface area contributed by atoms with Crippen molar-refractivity contribution in [2.24, 2.45) is 0 Å². The van der Waals surface area contributed by atoms with Crippen LogP contribution in [0.15, 0.2) is 60.7 Å². The number of rotatable bonds is 4. The van der Waals surface area contributed by atoms with Crippen LogP contribution in [-0.2, 0) is 4.79 Å². The number of benzene rings is 2. The number of nitrogens with zero attached hydrogens (tertiary/aromatic N) is 1. The van der Waals surface area contributed by atoms with E-state index in [9.17, 15) is 4.79 Å². The van der Waals surface area contributed by atoms with Crippen LogP contribution in [-0.4, -0.2) is 11.8 Å². The van der Waals surface area contributed by atoms with Crippen molar-refractivity contribution in [1.82, 2.24) is 0 Å². The lowest BCUT2D eigenvalue weighted by Gasteiger charge is -2.23. The van der Waals surface area contributed by atoms with E-state index in [1.807, 2.05) is 60.7 Å². The van der Waals surface area contributed by atoms with Crippen molar-refractivity contribution in [3.05, 3.63) is 60.7 Å². The van der Waals surface area contributed by atoms with Crippen molar-refractivity contribution in [2.75, 3.05) is 16.3 Å². The Kier molecular flexibility index (Phi) is 4.20. The number of hydrazine groups is 1. The van der Waals surface area contributed by atoms with E-state index in [4.69, 9.17) is 11.6 Å². The summed E-state index contributed by atoms with van der Waals surface area (Å²) in [7, 11) is 0. The molecule has 0 unspecified atom stereocenters. The largest absolute Gasteiger partial charge is 0.291 e. The van der Waals surface area contributed by atoms with Crippen LogP contribution in [0.25, 0.3) is 0 Å². The molecular weight excluding hydrogens is 248 g/mol. The number of halogens is 1. The van der Waals surface area contributed by atoms with Gasteiger partial charge in [-0.05, 0) is 24.3 Å². The predicted octanol–water partition coefficient (Wildman–Crippen LogP) is 3.29. The van der Waals surface area contributed by atoms with Gasteiger partial charge in [0.05, 0.1) is 11.4 Å². The number of carbonyl (C=O) groups is 1. The molecule has 0 aliphatic carbocycles. The van der Waals surface area contributed by atoms with Gasteiger partial charge < -0.3 is 0 Å². The zero-order chi connectivity index (χ0) is 12.8. The molecular formula is C14H13ClN2O. The van der Waals surface area contributed by atoms with E-state index in [2.05, 4.69) is 5.43 Å². The highest BCUT2D eigenvalue weighted by atomic mass is 35.5. The number of para-hydroxylation sites is 2. The summed E-state index contributed by atoms with van der Waals surface area (Å²) >= 11 is 5.63. The number of carbonyl (C=O) groups excluding carboxylic acids is 1. The van der Waals surface area contributed by atoms with Gasteiger partial charge in [0.1, 0.15) is 5.88 Å². The van der Waals surface area contributed by atoms with Gasteiger partial charge in [-0.3, -0.25) is 10.2 Å². The Morgan fingerprint density at radius 1 is 1.00 bits per heavy atom. The molecule has 1 amide bonds. The van der Waals surface area contributed by atoms with E-state index >= 15 is 0 Å². The molecule has 2 aromatic carbocycles. The molecule has 0 fully saturated rings. The Hall–Kier alpha value is -2.00. The normalized spacial score (nSPS) is 9.83. The summed E-state index contributed by atoms with van der Waals surface area (Å²) in [5, 5.41) is 1.45. The Labute approximate surface area is 111 Å². The maximum Gasteiger partial charge on any atom is 0.260 e. The molecule has 0 heterocycles. The molecule has 0 bridgehead atoms. The van der Waals surface area contributed by atoms with Crippen LogP contribution in [0, 0.1) is 0 Å². The Morgan fingerprint density at radius 2 is 1.56 bits per heavy atom. The van der Waals surface area contributed by atoms with Crippen LogP contribution in [0.5, 0.6) is 0 Å². The average Bonchev–Trinajstić information content (AvgIpc) is 2.46. The second kappa shape index (κ2) is 6.07. The summed E-state index contributed by atoms with van der Waals surface area (Å²) in [5.74, 6) is -0.277. The van der Waals surface area contributed by atoms with Crippen molar-refractivity contribution in [2.45, 2.75) is 0 Å². The van der Waals surface area contributed by atoms with E-state index in [-0.39, 0.29) is 11.8 Å². The average molecular weight is 261 g/mol. The fraction of sp³-hybridized carbons (Fsp3) is 0.0714. The molecule has 0 aliphatic rings. The third kappa shape index (κ3) is 3.02. The molecule has 0 aromatic heterocycles. The van der Waals surface area contributed by atoms with Gasteiger partial charge >= 0.3 is 0 Å². The number of nitrogens with one attached hydrogen (secondary N) is 1. The highest BCUT2D eigenvalue weighted by Crippen LogP contribution is 2.16. The first-order chi connectivity index (χ1) is 8.81. The van der Waals surface area contributed by atoms with Crippen LogP contribution in [0.1, 0.15) is 0 Å². The number of hydrogen-bond donors (Lipinski definition) is 1. The van der Waals surface area contributed by atoms with E-state index in [1.165, 1.54) is 5.01 Å². The third-order valence-electron chi connectivity index (χ3n) is 2.39. The molecule has 2 aromatic rings. The Bertz CT molecular complexity index is 502. The number of alkyl halides is 1. The Morgan fingerprint density at radius 3 is 2.11 bits per heavy atom. The number of amides is 1. The molecule has 2 rings (SSSR count). The summed E-state index contributed by atoms with van der Waals surface area (Å²) in [6.45, 7) is 0. The maximum atomic E-state index is 11.8. The molecule has 0 saturated heterocycles. The molecule has 4 heteroatoms. The van der Waals surface area contributed by atoms with Crippen LogP contribution in [0.2, 0.25) is 0 Å². The molecule has 92 valence electrons. The zero-order valence-corrected chi connectivity index (χ0v) is 10.5. The van der Waals surface area contributed by atoms with Crippen LogP contribution >= 0.6 is 11.6 Å². The SMILES string of the molecule is O=C(CCl)N(Nc1ccccc1)c1ccccc1. The topological polar surface area (TPSA) is 32.3 Å². The quantitative estimate of drug-likeness (QED) is 0.676. The minimum atomic E-state index is -0.202. The first-order valence-electron chi connectivity index (χ1n) is 5.57. The van der Waals surface area contributed by atoms with Gasteiger partial charge in [-0.2, -0.15) is 0 Å². The van der Waals surface area contributed by atoms with Gasteiger partial charge in [0.15, 0.2) is 0 Å². The molecule has 0 spiro atoms. The molecule has 0 radical (unpaired) electrons. The highest BCUT2D eigenvalue weighted by Gasteiger charge is 2.14. The Balaban J connectivity index is 2.24. The van der Waals surface area contributed by atoms with Crippen molar-refractivity contribution in [1.29, 1.82) is 0 Å². The zero-order valence-electron chi connectivity index (χ0n) is 9.71. The molecule has 0 saturated carbocycles. The van der Waals surface area contributed by atoms with Crippen LogP contribution < -0.4 is 10.4 Å². The maximum absolute atomic E-state index is 11.8. The van der Waals surface area contributed by atoms with E-state index in [0.717, 1.165) is 11.4 Å². The highest BCUT2D eigenvalue weighted by molar-refractivity contribution is 6.29.